The summed E-state index contributed by atoms with van der Waals surface area (Å²) in [6.07, 6.45) is 6.90. The van der Waals surface area contributed by atoms with E-state index in [9.17, 15) is 4.79 Å². The van der Waals surface area contributed by atoms with Crippen molar-refractivity contribution in [3.63, 3.8) is 0 Å². The van der Waals surface area contributed by atoms with E-state index in [0.29, 0.717) is 18.1 Å². The number of Topliss-reactive ketones (excluding diaryl/α,β-unsaturated/α-hetero) is 1. The molecule has 0 heterocycles. The number of ether oxygens (including phenoxy) is 1. The van der Waals surface area contributed by atoms with E-state index in [1.165, 1.54) is 18.4 Å². The van der Waals surface area contributed by atoms with Crippen LogP contribution in [-0.2, 0) is 11.2 Å². The van der Waals surface area contributed by atoms with Crippen molar-refractivity contribution >= 4 is 5.78 Å². The average Bonchev–Trinajstić information content (AvgIpc) is 2.45. The summed E-state index contributed by atoms with van der Waals surface area (Å²) in [7, 11) is 0. The van der Waals surface area contributed by atoms with Crippen molar-refractivity contribution in [1.82, 2.24) is 0 Å². The number of benzene rings is 1. The second kappa shape index (κ2) is 10.4. The molecule has 0 spiro atoms. The van der Waals surface area contributed by atoms with Gasteiger partial charge in [-0.2, -0.15) is 0 Å². The van der Waals surface area contributed by atoms with E-state index in [-0.39, 0.29) is 0 Å². The summed E-state index contributed by atoms with van der Waals surface area (Å²) in [4.78, 5) is 11.6. The minimum absolute atomic E-state index is 0.390. The number of unbranched alkanes of at least 4 members (excludes halogenated alkanes) is 2. The Morgan fingerprint density at radius 1 is 1.10 bits per heavy atom. The molecule has 0 N–H and O–H groups in total. The van der Waals surface area contributed by atoms with Gasteiger partial charge in [0.25, 0.3) is 0 Å². The van der Waals surface area contributed by atoms with Gasteiger partial charge in [0.15, 0.2) is 0 Å². The smallest absolute Gasteiger partial charge is 0.133 e. The zero-order chi connectivity index (χ0) is 15.5. The molecule has 2 nitrogen and oxygen atoms in total. The fourth-order valence-corrected chi connectivity index (χ4v) is 2.51. The lowest BCUT2D eigenvalue weighted by Gasteiger charge is -2.11. The van der Waals surface area contributed by atoms with Gasteiger partial charge in [-0.05, 0) is 42.9 Å². The third-order valence-corrected chi connectivity index (χ3v) is 3.63. The molecule has 0 saturated carbocycles. The molecule has 1 aromatic rings. The van der Waals surface area contributed by atoms with Gasteiger partial charge in [0.2, 0.25) is 0 Å². The zero-order valence-electron chi connectivity index (χ0n) is 13.9. The highest BCUT2D eigenvalue weighted by atomic mass is 16.5. The van der Waals surface area contributed by atoms with Gasteiger partial charge in [0, 0.05) is 12.8 Å². The molecule has 118 valence electrons. The van der Waals surface area contributed by atoms with Crippen LogP contribution in [0.2, 0.25) is 0 Å². The molecule has 1 unspecified atom stereocenters. The van der Waals surface area contributed by atoms with Crippen molar-refractivity contribution in [3.05, 3.63) is 29.8 Å². The lowest BCUT2D eigenvalue weighted by Crippen LogP contribution is -2.07. The number of hydrogen-bond donors (Lipinski definition) is 0. The summed E-state index contributed by atoms with van der Waals surface area (Å²) < 4.78 is 5.71. The Labute approximate surface area is 129 Å². The van der Waals surface area contributed by atoms with Crippen molar-refractivity contribution < 1.29 is 9.53 Å². The van der Waals surface area contributed by atoms with Crippen LogP contribution < -0.4 is 4.74 Å². The van der Waals surface area contributed by atoms with Gasteiger partial charge >= 0.3 is 0 Å². The zero-order valence-corrected chi connectivity index (χ0v) is 13.9. The molecular formula is C19H30O2. The summed E-state index contributed by atoms with van der Waals surface area (Å²) in [6.45, 7) is 7.21. The van der Waals surface area contributed by atoms with E-state index in [1.54, 1.807) is 0 Å². The first kappa shape index (κ1) is 17.7. The Kier molecular flexibility index (Phi) is 8.80. The molecular weight excluding hydrogens is 260 g/mol. The highest BCUT2D eigenvalue weighted by Crippen LogP contribution is 2.17. The van der Waals surface area contributed by atoms with Crippen molar-refractivity contribution in [2.24, 2.45) is 5.92 Å². The minimum Gasteiger partial charge on any atom is -0.494 e. The number of ketones is 1. The molecule has 1 rings (SSSR count). The highest BCUT2D eigenvalue weighted by Gasteiger charge is 2.09. The van der Waals surface area contributed by atoms with Crippen LogP contribution in [0.15, 0.2) is 24.3 Å². The monoisotopic (exact) mass is 290 g/mol. The van der Waals surface area contributed by atoms with E-state index in [2.05, 4.69) is 32.9 Å². The first-order chi connectivity index (χ1) is 10.2. The van der Waals surface area contributed by atoms with Gasteiger partial charge < -0.3 is 4.74 Å². The van der Waals surface area contributed by atoms with Gasteiger partial charge in [0.1, 0.15) is 11.5 Å². The summed E-state index contributed by atoms with van der Waals surface area (Å²) in [6, 6.07) is 8.33. The van der Waals surface area contributed by atoms with E-state index in [0.717, 1.165) is 38.0 Å². The Bertz CT molecular complexity index is 395. The summed E-state index contributed by atoms with van der Waals surface area (Å²) in [5, 5.41) is 0. The number of rotatable bonds is 11. The Balaban J connectivity index is 2.34. The highest BCUT2D eigenvalue weighted by molar-refractivity contribution is 5.78. The second-order valence-corrected chi connectivity index (χ2v) is 6.00. The predicted octanol–water partition coefficient (Wildman–Crippen LogP) is 5.19. The molecule has 0 aliphatic heterocycles. The van der Waals surface area contributed by atoms with Crippen molar-refractivity contribution in [2.75, 3.05) is 6.61 Å². The van der Waals surface area contributed by atoms with Gasteiger partial charge in [-0.3, -0.25) is 4.79 Å². The largest absolute Gasteiger partial charge is 0.494 e. The van der Waals surface area contributed by atoms with Crippen molar-refractivity contribution in [3.8, 4) is 5.75 Å². The average molecular weight is 290 g/mol. The maximum atomic E-state index is 11.6. The molecule has 0 aromatic heterocycles. The molecule has 0 bridgehead atoms. The van der Waals surface area contributed by atoms with Crippen LogP contribution in [0.4, 0.5) is 0 Å². The van der Waals surface area contributed by atoms with Crippen LogP contribution >= 0.6 is 0 Å². The molecule has 0 amide bonds. The Hall–Kier alpha value is -1.31. The number of carbonyl (C=O) groups is 1. The summed E-state index contributed by atoms with van der Waals surface area (Å²) in [5.41, 5.74) is 1.28. The number of hydrogen-bond acceptors (Lipinski definition) is 2. The third-order valence-electron chi connectivity index (χ3n) is 3.63. The molecule has 0 saturated heterocycles. The van der Waals surface area contributed by atoms with Gasteiger partial charge in [0.05, 0.1) is 6.61 Å². The van der Waals surface area contributed by atoms with Crippen LogP contribution in [0.25, 0.3) is 0 Å². The first-order valence-electron chi connectivity index (χ1n) is 8.39. The topological polar surface area (TPSA) is 26.3 Å². The van der Waals surface area contributed by atoms with Crippen LogP contribution in [0.1, 0.15) is 64.9 Å². The molecule has 1 atom stereocenters. The van der Waals surface area contributed by atoms with Gasteiger partial charge in [-0.25, -0.2) is 0 Å². The predicted molar refractivity (Wildman–Crippen MR) is 88.9 cm³/mol. The second-order valence-electron chi connectivity index (χ2n) is 6.00. The summed E-state index contributed by atoms with van der Waals surface area (Å²) >= 11 is 0. The van der Waals surface area contributed by atoms with Crippen LogP contribution in [0.5, 0.6) is 5.75 Å². The van der Waals surface area contributed by atoms with Crippen LogP contribution in [-0.4, -0.2) is 12.4 Å². The van der Waals surface area contributed by atoms with E-state index < -0.39 is 0 Å². The molecule has 2 heteroatoms. The molecule has 0 radical (unpaired) electrons. The fourth-order valence-electron chi connectivity index (χ4n) is 2.51. The summed E-state index contributed by atoms with van der Waals surface area (Å²) in [5.74, 6) is 1.76. The molecule has 0 fully saturated rings. The Morgan fingerprint density at radius 3 is 2.43 bits per heavy atom. The molecule has 21 heavy (non-hydrogen) atoms. The van der Waals surface area contributed by atoms with E-state index >= 15 is 0 Å². The molecule has 0 aliphatic rings. The minimum atomic E-state index is 0.390. The standard InChI is InChI=1S/C19H30O2/c1-4-6-7-13-21-19-11-9-17(10-12-19)14-16(3)15-18(20)8-5-2/h9-12,16H,4-8,13-15H2,1-3H3. The van der Waals surface area contributed by atoms with Crippen molar-refractivity contribution in [1.29, 1.82) is 0 Å². The first-order valence-corrected chi connectivity index (χ1v) is 8.39. The quantitative estimate of drug-likeness (QED) is 0.524. The molecule has 0 aliphatic carbocycles. The normalized spacial score (nSPS) is 12.1. The SMILES string of the molecule is CCCCCOc1ccc(CC(C)CC(=O)CCC)cc1. The van der Waals surface area contributed by atoms with Gasteiger partial charge in [-0.1, -0.05) is 45.7 Å². The third kappa shape index (κ3) is 7.89. The maximum Gasteiger partial charge on any atom is 0.133 e. The van der Waals surface area contributed by atoms with Crippen LogP contribution in [0, 0.1) is 5.92 Å². The van der Waals surface area contributed by atoms with E-state index in [1.807, 2.05) is 12.1 Å². The maximum absolute atomic E-state index is 11.6. The van der Waals surface area contributed by atoms with Crippen molar-refractivity contribution in [2.45, 2.75) is 65.7 Å². The van der Waals surface area contributed by atoms with Gasteiger partial charge in [-0.15, -0.1) is 0 Å². The lowest BCUT2D eigenvalue weighted by molar-refractivity contribution is -0.119. The molecule has 1 aromatic carbocycles. The number of carbonyl (C=O) groups excluding carboxylic acids is 1. The van der Waals surface area contributed by atoms with E-state index in [4.69, 9.17) is 4.74 Å². The Morgan fingerprint density at radius 2 is 1.81 bits per heavy atom. The lowest BCUT2D eigenvalue weighted by atomic mass is 9.95. The van der Waals surface area contributed by atoms with Crippen LogP contribution in [0.3, 0.4) is 0 Å². The fraction of sp³-hybridized carbons (Fsp3) is 0.632.